The van der Waals surface area contributed by atoms with Crippen molar-refractivity contribution in [1.29, 1.82) is 0 Å². The van der Waals surface area contributed by atoms with Crippen molar-refractivity contribution in [3.63, 3.8) is 0 Å². The molecule has 0 radical (unpaired) electrons. The highest BCUT2D eigenvalue weighted by Crippen LogP contribution is 2.38. The van der Waals surface area contributed by atoms with E-state index >= 15 is 0 Å². The molecule has 0 unspecified atom stereocenters. The molecule has 1 aliphatic heterocycles. The third-order valence-corrected chi connectivity index (χ3v) is 5.48. The standard InChI is InChI=1S/C24H20FN5O3/c1-14-11-17(16-9-5-6-10-18(16)25)22-20(21(14)31)30(13-33-22)29-24(32)23-26-19(27-28-23)12-15-7-3-2-4-8-15/h2-11,14H,12-13H2,1H3,(H,29,32)(H,26,27,28)/t14-/m0/s1. The van der Waals surface area contributed by atoms with Gasteiger partial charge in [0.05, 0.1) is 0 Å². The summed E-state index contributed by atoms with van der Waals surface area (Å²) in [5.74, 6) is -1.04. The van der Waals surface area contributed by atoms with Gasteiger partial charge in [0.15, 0.2) is 18.3 Å². The van der Waals surface area contributed by atoms with Crippen LogP contribution in [0, 0.1) is 11.7 Å². The molecule has 0 saturated heterocycles. The van der Waals surface area contributed by atoms with Crippen LogP contribution in [-0.4, -0.2) is 38.6 Å². The lowest BCUT2D eigenvalue weighted by molar-refractivity contribution is -0.119. The van der Waals surface area contributed by atoms with Crippen LogP contribution in [-0.2, 0) is 16.0 Å². The largest absolute Gasteiger partial charge is 0.468 e. The number of halogens is 1. The number of H-pyrrole nitrogens is 1. The van der Waals surface area contributed by atoms with Crippen molar-refractivity contribution < 1.29 is 18.7 Å². The number of ketones is 1. The van der Waals surface area contributed by atoms with Crippen LogP contribution in [0.4, 0.5) is 4.39 Å². The molecule has 2 aliphatic rings. The highest BCUT2D eigenvalue weighted by Gasteiger charge is 2.39. The lowest BCUT2D eigenvalue weighted by Crippen LogP contribution is -2.43. The molecule has 1 aromatic heterocycles. The summed E-state index contributed by atoms with van der Waals surface area (Å²) in [6, 6.07) is 16.0. The van der Waals surface area contributed by atoms with Crippen molar-refractivity contribution in [1.82, 2.24) is 25.6 Å². The summed E-state index contributed by atoms with van der Waals surface area (Å²) in [6.45, 7) is 1.62. The minimum absolute atomic E-state index is 0.0591. The van der Waals surface area contributed by atoms with E-state index in [0.717, 1.165) is 5.56 Å². The first kappa shape index (κ1) is 20.6. The van der Waals surface area contributed by atoms with Gasteiger partial charge in [0, 0.05) is 23.5 Å². The van der Waals surface area contributed by atoms with Crippen molar-refractivity contribution in [3.8, 4) is 0 Å². The summed E-state index contributed by atoms with van der Waals surface area (Å²) in [5.41, 5.74) is 4.65. The molecule has 5 rings (SSSR count). The number of hydrogen-bond acceptors (Lipinski definition) is 6. The molecule has 0 fully saturated rings. The number of benzene rings is 2. The second-order valence-electron chi connectivity index (χ2n) is 7.80. The first-order chi connectivity index (χ1) is 16.0. The van der Waals surface area contributed by atoms with E-state index in [0.29, 0.717) is 23.4 Å². The predicted octanol–water partition coefficient (Wildman–Crippen LogP) is 2.98. The number of carbonyl (C=O) groups excluding carboxylic acids is 2. The number of nitrogens with one attached hydrogen (secondary N) is 2. The molecule has 0 saturated carbocycles. The van der Waals surface area contributed by atoms with Crippen LogP contribution in [0.5, 0.6) is 0 Å². The van der Waals surface area contributed by atoms with Crippen LogP contribution in [0.3, 0.4) is 0 Å². The van der Waals surface area contributed by atoms with E-state index in [9.17, 15) is 14.0 Å². The van der Waals surface area contributed by atoms with E-state index in [1.807, 2.05) is 30.3 Å². The smallest absolute Gasteiger partial charge is 0.309 e. The Morgan fingerprint density at radius 1 is 1.21 bits per heavy atom. The fraction of sp³-hybridized carbons (Fsp3) is 0.167. The number of hydrazine groups is 1. The molecule has 1 atom stereocenters. The second-order valence-corrected chi connectivity index (χ2v) is 7.80. The molecule has 1 amide bonds. The number of allylic oxidation sites excluding steroid dienone is 3. The zero-order chi connectivity index (χ0) is 22.9. The fourth-order valence-corrected chi connectivity index (χ4v) is 3.87. The Balaban J connectivity index is 1.37. The summed E-state index contributed by atoms with van der Waals surface area (Å²) in [5, 5.41) is 8.07. The third kappa shape index (κ3) is 3.89. The van der Waals surface area contributed by atoms with E-state index in [-0.39, 0.29) is 29.8 Å². The van der Waals surface area contributed by atoms with E-state index in [2.05, 4.69) is 20.6 Å². The number of aromatic nitrogens is 3. The van der Waals surface area contributed by atoms with Gasteiger partial charge in [0.25, 0.3) is 0 Å². The number of carbonyl (C=O) groups is 2. The Hall–Kier alpha value is -4.27. The summed E-state index contributed by atoms with van der Waals surface area (Å²) >= 11 is 0. The van der Waals surface area contributed by atoms with Gasteiger partial charge in [0.1, 0.15) is 17.3 Å². The van der Waals surface area contributed by atoms with Crippen molar-refractivity contribution in [2.45, 2.75) is 13.3 Å². The van der Waals surface area contributed by atoms with E-state index in [4.69, 9.17) is 4.74 Å². The Bertz CT molecular complexity index is 1300. The number of hydrogen-bond donors (Lipinski definition) is 2. The average molecular weight is 445 g/mol. The Morgan fingerprint density at radius 2 is 1.97 bits per heavy atom. The van der Waals surface area contributed by atoms with Crippen LogP contribution >= 0.6 is 0 Å². The average Bonchev–Trinajstić information content (AvgIpc) is 3.45. The van der Waals surface area contributed by atoms with Gasteiger partial charge in [-0.05, 0) is 11.6 Å². The van der Waals surface area contributed by atoms with Crippen LogP contribution in [0.25, 0.3) is 5.57 Å². The van der Waals surface area contributed by atoms with Gasteiger partial charge in [-0.1, -0.05) is 61.5 Å². The summed E-state index contributed by atoms with van der Waals surface area (Å²) in [6.07, 6.45) is 2.17. The van der Waals surface area contributed by atoms with E-state index < -0.39 is 17.6 Å². The van der Waals surface area contributed by atoms with Gasteiger partial charge in [-0.15, -0.1) is 5.10 Å². The number of ether oxygens (including phenoxy) is 1. The molecule has 166 valence electrons. The number of Topliss-reactive ketones (excluding diaryl/α,β-unsaturated/α-hetero) is 1. The van der Waals surface area contributed by atoms with Crippen molar-refractivity contribution in [2.24, 2.45) is 5.92 Å². The van der Waals surface area contributed by atoms with Gasteiger partial charge in [-0.2, -0.15) is 0 Å². The van der Waals surface area contributed by atoms with Gasteiger partial charge in [-0.3, -0.25) is 20.1 Å². The van der Waals surface area contributed by atoms with Gasteiger partial charge in [-0.25, -0.2) is 14.4 Å². The van der Waals surface area contributed by atoms with Crippen LogP contribution in [0.2, 0.25) is 0 Å². The Labute approximate surface area is 188 Å². The van der Waals surface area contributed by atoms with E-state index in [1.165, 1.54) is 11.1 Å². The summed E-state index contributed by atoms with van der Waals surface area (Å²) in [4.78, 5) is 29.9. The molecule has 9 heteroatoms. The van der Waals surface area contributed by atoms with Crippen molar-refractivity contribution in [3.05, 3.63) is 101 Å². The maximum Gasteiger partial charge on any atom is 0.309 e. The number of nitrogens with zero attached hydrogens (tertiary/aromatic N) is 3. The molecule has 2 aromatic carbocycles. The molecule has 1 aliphatic carbocycles. The molecular weight excluding hydrogens is 425 g/mol. The SMILES string of the molecule is C[C@H]1C=C(c2ccccc2F)C2=C(C1=O)N(NC(=O)c1n[nH]c(Cc3ccccc3)n1)CO2. The predicted molar refractivity (Wildman–Crippen MR) is 116 cm³/mol. The summed E-state index contributed by atoms with van der Waals surface area (Å²) in [7, 11) is 0. The molecular formula is C24H20FN5O3. The lowest BCUT2D eigenvalue weighted by atomic mass is 9.89. The second kappa shape index (κ2) is 8.34. The Kier molecular flexibility index (Phi) is 5.21. The minimum Gasteiger partial charge on any atom is -0.468 e. The zero-order valence-electron chi connectivity index (χ0n) is 17.7. The first-order valence-electron chi connectivity index (χ1n) is 10.4. The lowest BCUT2D eigenvalue weighted by Gasteiger charge is -2.23. The molecule has 2 heterocycles. The number of amides is 1. The van der Waals surface area contributed by atoms with Crippen molar-refractivity contribution in [2.75, 3.05) is 6.73 Å². The van der Waals surface area contributed by atoms with E-state index in [1.54, 1.807) is 31.2 Å². The highest BCUT2D eigenvalue weighted by molar-refractivity contribution is 6.05. The molecule has 2 N–H and O–H groups in total. The minimum atomic E-state index is -0.592. The molecule has 0 bridgehead atoms. The van der Waals surface area contributed by atoms with Gasteiger partial charge < -0.3 is 4.74 Å². The van der Waals surface area contributed by atoms with Crippen LogP contribution in [0.15, 0.2) is 72.1 Å². The molecule has 3 aromatic rings. The normalized spacial score (nSPS) is 17.5. The third-order valence-electron chi connectivity index (χ3n) is 5.48. The Morgan fingerprint density at radius 3 is 2.76 bits per heavy atom. The molecule has 33 heavy (non-hydrogen) atoms. The number of aromatic amines is 1. The van der Waals surface area contributed by atoms with Crippen LogP contribution in [0.1, 0.15) is 34.5 Å². The molecule has 0 spiro atoms. The van der Waals surface area contributed by atoms with Crippen LogP contribution < -0.4 is 5.43 Å². The first-order valence-corrected chi connectivity index (χ1v) is 10.4. The fourth-order valence-electron chi connectivity index (χ4n) is 3.87. The quantitative estimate of drug-likeness (QED) is 0.626. The maximum absolute atomic E-state index is 14.4. The zero-order valence-corrected chi connectivity index (χ0v) is 17.7. The van der Waals surface area contributed by atoms with Gasteiger partial charge in [0.2, 0.25) is 5.82 Å². The number of rotatable bonds is 5. The highest BCUT2D eigenvalue weighted by atomic mass is 19.1. The van der Waals surface area contributed by atoms with Gasteiger partial charge >= 0.3 is 5.91 Å². The summed E-state index contributed by atoms with van der Waals surface area (Å²) < 4.78 is 20.2. The molecule has 8 nitrogen and oxygen atoms in total. The van der Waals surface area contributed by atoms with Crippen molar-refractivity contribution >= 4 is 17.3 Å². The topological polar surface area (TPSA) is 100 Å². The monoisotopic (exact) mass is 445 g/mol. The maximum atomic E-state index is 14.4.